The van der Waals surface area contributed by atoms with Crippen molar-refractivity contribution in [2.24, 2.45) is 0 Å². The number of amides is 1. The predicted molar refractivity (Wildman–Crippen MR) is 83.2 cm³/mol. The third-order valence-electron chi connectivity index (χ3n) is 3.35. The van der Waals surface area contributed by atoms with Gasteiger partial charge >= 0.3 is 0 Å². The minimum Gasteiger partial charge on any atom is -0.343 e. The van der Waals surface area contributed by atoms with Gasteiger partial charge in [-0.15, -0.1) is 0 Å². The minimum atomic E-state index is 0.188. The molecule has 0 saturated carbocycles. The van der Waals surface area contributed by atoms with Gasteiger partial charge in [-0.2, -0.15) is 0 Å². The third kappa shape index (κ3) is 15.4. The van der Waals surface area contributed by atoms with Crippen LogP contribution in [0.4, 0.5) is 0 Å². The standard InChI is InChI=1S/C16H34N2O/c1-4-5-6-7-8-9-10-11-12-13-14-16(19)17-15-18(2)3/h4-15H2,1-3H3,(H,17,19). The first-order valence-corrected chi connectivity index (χ1v) is 8.08. The van der Waals surface area contributed by atoms with Gasteiger partial charge in [0.05, 0.1) is 6.67 Å². The number of nitrogens with one attached hydrogen (secondary N) is 1. The molecular weight excluding hydrogens is 236 g/mol. The van der Waals surface area contributed by atoms with E-state index < -0.39 is 0 Å². The zero-order valence-corrected chi connectivity index (χ0v) is 13.3. The lowest BCUT2D eigenvalue weighted by Gasteiger charge is -2.10. The molecule has 0 aromatic heterocycles. The number of carbonyl (C=O) groups excluding carboxylic acids is 1. The van der Waals surface area contributed by atoms with E-state index in [9.17, 15) is 4.79 Å². The zero-order chi connectivity index (χ0) is 14.3. The number of hydrogen-bond donors (Lipinski definition) is 1. The van der Waals surface area contributed by atoms with Gasteiger partial charge in [-0.25, -0.2) is 0 Å². The lowest BCUT2D eigenvalue weighted by Crippen LogP contribution is -2.32. The van der Waals surface area contributed by atoms with E-state index in [1.807, 2.05) is 19.0 Å². The minimum absolute atomic E-state index is 0.188. The molecule has 0 aromatic rings. The molecule has 0 saturated heterocycles. The number of nitrogens with zero attached hydrogens (tertiary/aromatic N) is 1. The summed E-state index contributed by atoms with van der Waals surface area (Å²) in [6, 6.07) is 0. The van der Waals surface area contributed by atoms with Crippen molar-refractivity contribution in [3.8, 4) is 0 Å². The van der Waals surface area contributed by atoms with E-state index in [0.717, 1.165) is 6.42 Å². The van der Waals surface area contributed by atoms with E-state index >= 15 is 0 Å². The zero-order valence-electron chi connectivity index (χ0n) is 13.3. The molecule has 3 nitrogen and oxygen atoms in total. The van der Waals surface area contributed by atoms with E-state index in [2.05, 4.69) is 12.2 Å². The van der Waals surface area contributed by atoms with Crippen LogP contribution in [0.3, 0.4) is 0 Å². The highest BCUT2D eigenvalue weighted by molar-refractivity contribution is 5.75. The van der Waals surface area contributed by atoms with E-state index in [1.54, 1.807) is 0 Å². The van der Waals surface area contributed by atoms with Crippen LogP contribution in [0.1, 0.15) is 77.6 Å². The first-order valence-electron chi connectivity index (χ1n) is 8.08. The van der Waals surface area contributed by atoms with E-state index in [0.29, 0.717) is 13.1 Å². The summed E-state index contributed by atoms with van der Waals surface area (Å²) < 4.78 is 0. The van der Waals surface area contributed by atoms with Crippen LogP contribution >= 0.6 is 0 Å². The van der Waals surface area contributed by atoms with Gasteiger partial charge in [0.1, 0.15) is 0 Å². The smallest absolute Gasteiger partial charge is 0.220 e. The summed E-state index contributed by atoms with van der Waals surface area (Å²) in [5.74, 6) is 0.188. The van der Waals surface area contributed by atoms with Crippen LogP contribution in [0.15, 0.2) is 0 Å². The Labute approximate surface area is 120 Å². The van der Waals surface area contributed by atoms with Crippen LogP contribution in [-0.4, -0.2) is 31.6 Å². The van der Waals surface area contributed by atoms with Gasteiger partial charge in [0.25, 0.3) is 0 Å². The molecule has 0 fully saturated rings. The average molecular weight is 270 g/mol. The van der Waals surface area contributed by atoms with Crippen LogP contribution in [0, 0.1) is 0 Å². The van der Waals surface area contributed by atoms with E-state index in [1.165, 1.54) is 57.8 Å². The van der Waals surface area contributed by atoms with E-state index in [4.69, 9.17) is 0 Å². The Hall–Kier alpha value is -0.570. The van der Waals surface area contributed by atoms with Crippen molar-refractivity contribution in [2.45, 2.75) is 77.6 Å². The molecule has 1 amide bonds. The summed E-state index contributed by atoms with van der Waals surface area (Å²) in [7, 11) is 3.92. The topological polar surface area (TPSA) is 32.3 Å². The van der Waals surface area contributed by atoms with Gasteiger partial charge in [-0.3, -0.25) is 9.69 Å². The molecule has 0 aliphatic rings. The SMILES string of the molecule is CCCCCCCCCCCCC(=O)NCN(C)C. The fourth-order valence-corrected chi connectivity index (χ4v) is 2.11. The Bertz CT molecular complexity index is 205. The van der Waals surface area contributed by atoms with Crippen molar-refractivity contribution in [3.63, 3.8) is 0 Å². The largest absolute Gasteiger partial charge is 0.343 e. The fraction of sp³-hybridized carbons (Fsp3) is 0.938. The van der Waals surface area contributed by atoms with Crippen molar-refractivity contribution in [2.75, 3.05) is 20.8 Å². The molecule has 0 spiro atoms. The summed E-state index contributed by atoms with van der Waals surface area (Å²) in [5, 5.41) is 2.90. The van der Waals surface area contributed by atoms with Gasteiger partial charge in [0, 0.05) is 6.42 Å². The summed E-state index contributed by atoms with van der Waals surface area (Å²) in [5.41, 5.74) is 0. The molecule has 0 atom stereocenters. The van der Waals surface area contributed by atoms with Gasteiger partial charge in [-0.05, 0) is 20.5 Å². The average Bonchev–Trinajstić information content (AvgIpc) is 2.38. The van der Waals surface area contributed by atoms with Crippen LogP contribution in [0.25, 0.3) is 0 Å². The molecule has 0 rings (SSSR count). The van der Waals surface area contributed by atoms with Crippen molar-refractivity contribution >= 4 is 5.91 Å². The Morgan fingerprint density at radius 3 is 1.79 bits per heavy atom. The lowest BCUT2D eigenvalue weighted by molar-refractivity contribution is -0.121. The quantitative estimate of drug-likeness (QED) is 0.406. The lowest BCUT2D eigenvalue weighted by atomic mass is 10.1. The van der Waals surface area contributed by atoms with Crippen molar-refractivity contribution in [1.82, 2.24) is 10.2 Å². The van der Waals surface area contributed by atoms with Crippen LogP contribution in [0.2, 0.25) is 0 Å². The van der Waals surface area contributed by atoms with E-state index in [-0.39, 0.29) is 5.91 Å². The molecule has 0 aliphatic heterocycles. The second-order valence-electron chi connectivity index (χ2n) is 5.77. The highest BCUT2D eigenvalue weighted by atomic mass is 16.1. The Morgan fingerprint density at radius 2 is 1.32 bits per heavy atom. The molecule has 0 unspecified atom stereocenters. The summed E-state index contributed by atoms with van der Waals surface area (Å²) >= 11 is 0. The number of carbonyl (C=O) groups is 1. The van der Waals surface area contributed by atoms with Crippen LogP contribution in [0.5, 0.6) is 0 Å². The predicted octanol–water partition coefficient (Wildman–Crippen LogP) is 3.93. The maximum absolute atomic E-state index is 11.4. The molecule has 19 heavy (non-hydrogen) atoms. The summed E-state index contributed by atoms with van der Waals surface area (Å²) in [6.45, 7) is 2.91. The van der Waals surface area contributed by atoms with Crippen LogP contribution < -0.4 is 5.32 Å². The molecule has 3 heteroatoms. The fourth-order valence-electron chi connectivity index (χ4n) is 2.11. The van der Waals surface area contributed by atoms with Gasteiger partial charge < -0.3 is 5.32 Å². The molecule has 0 radical (unpaired) electrons. The van der Waals surface area contributed by atoms with Gasteiger partial charge in [0.15, 0.2) is 0 Å². The first-order chi connectivity index (χ1) is 9.16. The van der Waals surface area contributed by atoms with Gasteiger partial charge in [0.2, 0.25) is 5.91 Å². The number of unbranched alkanes of at least 4 members (excludes halogenated alkanes) is 9. The molecule has 114 valence electrons. The maximum atomic E-state index is 11.4. The second kappa shape index (κ2) is 13.9. The Kier molecular flexibility index (Phi) is 13.4. The third-order valence-corrected chi connectivity index (χ3v) is 3.35. The molecule has 0 aliphatic carbocycles. The normalized spacial score (nSPS) is 10.9. The molecule has 1 N–H and O–H groups in total. The number of rotatable bonds is 13. The first kappa shape index (κ1) is 18.4. The summed E-state index contributed by atoms with van der Waals surface area (Å²) in [4.78, 5) is 13.4. The van der Waals surface area contributed by atoms with Crippen molar-refractivity contribution in [3.05, 3.63) is 0 Å². The molecule has 0 aromatic carbocycles. The maximum Gasteiger partial charge on any atom is 0.220 e. The molecule has 0 heterocycles. The highest BCUT2D eigenvalue weighted by Gasteiger charge is 2.00. The van der Waals surface area contributed by atoms with Gasteiger partial charge in [-0.1, -0.05) is 64.7 Å². The molecule has 0 bridgehead atoms. The van der Waals surface area contributed by atoms with Crippen molar-refractivity contribution in [1.29, 1.82) is 0 Å². The Morgan fingerprint density at radius 1 is 0.842 bits per heavy atom. The number of hydrogen-bond acceptors (Lipinski definition) is 2. The molecular formula is C16H34N2O. The van der Waals surface area contributed by atoms with Crippen LogP contribution in [-0.2, 0) is 4.79 Å². The Balaban J connectivity index is 3.11. The summed E-state index contributed by atoms with van der Waals surface area (Å²) in [6.07, 6.45) is 13.8. The highest BCUT2D eigenvalue weighted by Crippen LogP contribution is 2.11. The second-order valence-corrected chi connectivity index (χ2v) is 5.77. The van der Waals surface area contributed by atoms with Crippen molar-refractivity contribution < 1.29 is 4.79 Å². The monoisotopic (exact) mass is 270 g/mol.